The summed E-state index contributed by atoms with van der Waals surface area (Å²) in [5, 5.41) is 12.5. The van der Waals surface area contributed by atoms with Gasteiger partial charge in [0.1, 0.15) is 17.7 Å². The van der Waals surface area contributed by atoms with E-state index < -0.39 is 11.6 Å². The van der Waals surface area contributed by atoms with Crippen molar-refractivity contribution < 1.29 is 24.1 Å². The van der Waals surface area contributed by atoms with Gasteiger partial charge in [-0.3, -0.25) is 4.98 Å². The Balaban J connectivity index is 1.27. The number of carboxylic acids is 1. The van der Waals surface area contributed by atoms with Crippen molar-refractivity contribution in [3.8, 4) is 28.6 Å². The van der Waals surface area contributed by atoms with Crippen LogP contribution in [0.2, 0.25) is 0 Å². The monoisotopic (exact) mass is 571 g/mol. The van der Waals surface area contributed by atoms with Gasteiger partial charge in [0.15, 0.2) is 17.2 Å². The van der Waals surface area contributed by atoms with Gasteiger partial charge in [-0.15, -0.1) is 0 Å². The van der Waals surface area contributed by atoms with Crippen LogP contribution in [0.5, 0.6) is 17.4 Å². The maximum atomic E-state index is 11.5. The summed E-state index contributed by atoms with van der Waals surface area (Å²) >= 11 is 0. The molecule has 0 bridgehead atoms. The summed E-state index contributed by atoms with van der Waals surface area (Å²) in [4.78, 5) is 36.1. The molecule has 3 aromatic heterocycles. The second-order valence-electron chi connectivity index (χ2n) is 10.2. The minimum atomic E-state index is -1.37. The van der Waals surface area contributed by atoms with Crippen molar-refractivity contribution in [1.82, 2.24) is 24.9 Å². The van der Waals surface area contributed by atoms with E-state index in [2.05, 4.69) is 30.2 Å². The van der Waals surface area contributed by atoms with Gasteiger partial charge >= 0.3 is 5.97 Å². The second-order valence-corrected chi connectivity index (χ2v) is 10.2. The minimum Gasteiger partial charge on any atom is -0.488 e. The summed E-state index contributed by atoms with van der Waals surface area (Å²) in [6.45, 7) is 6.91. The molecule has 0 spiro atoms. The number of ether oxygens (including phenoxy) is 3. The zero-order valence-electron chi connectivity index (χ0n) is 23.7. The molecule has 1 saturated heterocycles. The van der Waals surface area contributed by atoms with E-state index in [4.69, 9.17) is 19.2 Å². The molecule has 5 rings (SSSR count). The molecule has 4 aromatic rings. The first kappa shape index (κ1) is 28.5. The van der Waals surface area contributed by atoms with Gasteiger partial charge in [0.05, 0.1) is 31.2 Å². The molecule has 1 aromatic carbocycles. The molecule has 1 atom stereocenters. The number of aromatic nitrogens is 5. The van der Waals surface area contributed by atoms with Crippen LogP contribution in [0.4, 0.5) is 17.6 Å². The summed E-state index contributed by atoms with van der Waals surface area (Å²) in [5.74, 6) is 2.04. The number of carboxylic acid groups (broad SMARTS) is 1. The van der Waals surface area contributed by atoms with Gasteiger partial charge < -0.3 is 29.5 Å². The lowest BCUT2D eigenvalue weighted by Gasteiger charge is -2.33. The number of rotatable bonds is 11. The van der Waals surface area contributed by atoms with E-state index in [-0.39, 0.29) is 6.10 Å². The fourth-order valence-electron chi connectivity index (χ4n) is 4.45. The fraction of sp³-hybridized carbons (Fsp3) is 0.333. The van der Waals surface area contributed by atoms with Crippen LogP contribution in [0.3, 0.4) is 0 Å². The number of nitrogens with one attached hydrogen (secondary N) is 1. The summed E-state index contributed by atoms with van der Waals surface area (Å²) < 4.78 is 17.6. The zero-order valence-corrected chi connectivity index (χ0v) is 23.7. The molecule has 4 heterocycles. The Morgan fingerprint density at radius 3 is 2.83 bits per heavy atom. The number of hydrogen-bond donors (Lipinski definition) is 2. The van der Waals surface area contributed by atoms with E-state index in [1.165, 1.54) is 13.8 Å². The number of benzene rings is 1. The van der Waals surface area contributed by atoms with Gasteiger partial charge in [-0.25, -0.2) is 24.7 Å². The van der Waals surface area contributed by atoms with Gasteiger partial charge in [-0.1, -0.05) is 12.1 Å². The van der Waals surface area contributed by atoms with Crippen LogP contribution in [-0.2, 0) is 4.79 Å². The van der Waals surface area contributed by atoms with E-state index >= 15 is 0 Å². The van der Waals surface area contributed by atoms with Gasteiger partial charge in [0.2, 0.25) is 5.95 Å². The number of nitrogens with zero attached hydrogens (tertiary/aromatic N) is 6. The quantitative estimate of drug-likeness (QED) is 0.256. The first-order valence-electron chi connectivity index (χ1n) is 13.7. The molecule has 1 aliphatic heterocycles. The van der Waals surface area contributed by atoms with E-state index in [0.717, 1.165) is 24.9 Å². The Kier molecular flexibility index (Phi) is 8.60. The lowest BCUT2D eigenvalue weighted by molar-refractivity contribution is -0.152. The van der Waals surface area contributed by atoms with Crippen molar-refractivity contribution in [2.24, 2.45) is 0 Å². The summed E-state index contributed by atoms with van der Waals surface area (Å²) in [7, 11) is 0. The van der Waals surface area contributed by atoms with E-state index in [1.807, 2.05) is 25.1 Å². The lowest BCUT2D eigenvalue weighted by atomic mass is 10.1. The minimum absolute atomic E-state index is 0.0768. The molecule has 0 aliphatic carbocycles. The van der Waals surface area contributed by atoms with Crippen LogP contribution in [0, 0.1) is 0 Å². The predicted octanol–water partition coefficient (Wildman–Crippen LogP) is 4.76. The maximum absolute atomic E-state index is 11.5. The van der Waals surface area contributed by atoms with Crippen molar-refractivity contribution in [1.29, 1.82) is 0 Å². The van der Waals surface area contributed by atoms with Crippen molar-refractivity contribution in [3.05, 3.63) is 67.3 Å². The number of piperidine rings is 1. The van der Waals surface area contributed by atoms with Gasteiger partial charge in [-0.2, -0.15) is 0 Å². The van der Waals surface area contributed by atoms with E-state index in [0.29, 0.717) is 53.8 Å². The van der Waals surface area contributed by atoms with Gasteiger partial charge in [-0.05, 0) is 63.9 Å². The number of hydrogen-bond acceptors (Lipinski definition) is 11. The third-order valence-electron chi connectivity index (χ3n) is 6.55. The highest BCUT2D eigenvalue weighted by molar-refractivity contribution is 5.77. The molecule has 1 aliphatic rings. The maximum Gasteiger partial charge on any atom is 0.347 e. The summed E-state index contributed by atoms with van der Waals surface area (Å²) in [5.41, 5.74) is 0.0114. The molecular formula is C30H33N7O5. The average molecular weight is 572 g/mol. The third kappa shape index (κ3) is 7.00. The Hall–Kier alpha value is -5.00. The fourth-order valence-corrected chi connectivity index (χ4v) is 4.45. The van der Waals surface area contributed by atoms with Crippen molar-refractivity contribution in [2.75, 3.05) is 29.9 Å². The largest absolute Gasteiger partial charge is 0.488 e. The van der Waals surface area contributed by atoms with Crippen LogP contribution in [0.25, 0.3) is 11.3 Å². The number of anilines is 3. The van der Waals surface area contributed by atoms with Crippen LogP contribution in [0.1, 0.15) is 33.6 Å². The topological polar surface area (TPSA) is 145 Å². The SMILES string of the molecule is CCOc1cccnc1OC1CCCN(c2cncc(Nc3nccc(-c4cccc(OC(C)(C)C(=O)O)c4)n3)n2)C1. The summed E-state index contributed by atoms with van der Waals surface area (Å²) in [6.07, 6.45) is 8.41. The van der Waals surface area contributed by atoms with Crippen LogP contribution >= 0.6 is 0 Å². The molecule has 0 saturated carbocycles. The molecule has 0 radical (unpaired) electrons. The zero-order chi connectivity index (χ0) is 29.5. The van der Waals surface area contributed by atoms with Crippen molar-refractivity contribution in [3.63, 3.8) is 0 Å². The first-order chi connectivity index (χ1) is 20.3. The van der Waals surface area contributed by atoms with Crippen LogP contribution < -0.4 is 24.4 Å². The van der Waals surface area contributed by atoms with E-state index in [1.54, 1.807) is 49.1 Å². The first-order valence-corrected chi connectivity index (χ1v) is 13.7. The number of carbonyl (C=O) groups is 1. The highest BCUT2D eigenvalue weighted by Gasteiger charge is 2.29. The molecule has 218 valence electrons. The second kappa shape index (κ2) is 12.7. The van der Waals surface area contributed by atoms with Crippen LogP contribution in [0.15, 0.2) is 67.3 Å². The molecule has 2 N–H and O–H groups in total. The highest BCUT2D eigenvalue weighted by Crippen LogP contribution is 2.29. The molecular weight excluding hydrogens is 538 g/mol. The number of aliphatic carboxylic acids is 1. The average Bonchev–Trinajstić information content (AvgIpc) is 2.99. The Morgan fingerprint density at radius 2 is 2.00 bits per heavy atom. The Bertz CT molecular complexity index is 1530. The van der Waals surface area contributed by atoms with Crippen molar-refractivity contribution >= 4 is 23.6 Å². The molecule has 42 heavy (non-hydrogen) atoms. The molecule has 1 fully saturated rings. The molecule has 12 nitrogen and oxygen atoms in total. The van der Waals surface area contributed by atoms with Crippen molar-refractivity contribution in [2.45, 2.75) is 45.3 Å². The summed E-state index contributed by atoms with van der Waals surface area (Å²) in [6, 6.07) is 12.6. The predicted molar refractivity (Wildman–Crippen MR) is 156 cm³/mol. The Morgan fingerprint density at radius 1 is 1.12 bits per heavy atom. The Labute approximate surface area is 243 Å². The standard InChI is InChI=1S/C30H33N7O5/c1-4-40-24-11-6-13-32-27(24)41-22-10-7-15-37(19-22)26-18-31-17-25(35-26)36-29-33-14-12-23(34-29)20-8-5-9-21(16-20)42-30(2,3)28(38)39/h5-6,8-9,11-14,16-18,22H,4,7,10,15,19H2,1-3H3,(H,38,39)(H,33,34,35,36). The van der Waals surface area contributed by atoms with Gasteiger partial charge in [0, 0.05) is 24.5 Å². The normalized spacial score (nSPS) is 15.1. The van der Waals surface area contributed by atoms with Crippen LogP contribution in [-0.4, -0.2) is 67.4 Å². The third-order valence-corrected chi connectivity index (χ3v) is 6.55. The van der Waals surface area contributed by atoms with E-state index in [9.17, 15) is 9.90 Å². The van der Waals surface area contributed by atoms with Gasteiger partial charge in [0.25, 0.3) is 5.88 Å². The molecule has 0 amide bonds. The highest BCUT2D eigenvalue weighted by atomic mass is 16.5. The smallest absolute Gasteiger partial charge is 0.347 e. The molecule has 1 unspecified atom stereocenters. The molecule has 12 heteroatoms. The number of pyridine rings is 1. The lowest BCUT2D eigenvalue weighted by Crippen LogP contribution is -2.41.